The highest BCUT2D eigenvalue weighted by molar-refractivity contribution is 6.15. The lowest BCUT2D eigenvalue weighted by Crippen LogP contribution is -2.06. The summed E-state index contributed by atoms with van der Waals surface area (Å²) in [5.41, 5.74) is 4.37. The second kappa shape index (κ2) is 4.60. The van der Waals surface area contributed by atoms with Gasteiger partial charge < -0.3 is 0 Å². The Labute approximate surface area is 117 Å². The fourth-order valence-corrected chi connectivity index (χ4v) is 2.51. The predicted molar refractivity (Wildman–Crippen MR) is 80.1 cm³/mol. The number of ketones is 1. The molecule has 0 N–H and O–H groups in total. The van der Waals surface area contributed by atoms with E-state index in [1.807, 2.05) is 63.4 Å². The Morgan fingerprint density at radius 2 is 1.80 bits per heavy atom. The number of aromatic nitrogens is 2. The number of carbonyl (C=O) groups excluding carboxylic acids is 1. The standard InChI is InChI=1S/C17H16N2O/c1-11-7-6-9-13(12(11)2)17(20)16-14-8-4-5-10-15(14)19(3)18-16/h4-10H,1-3H3. The average Bonchev–Trinajstić information content (AvgIpc) is 2.79. The highest BCUT2D eigenvalue weighted by Gasteiger charge is 2.19. The van der Waals surface area contributed by atoms with Crippen LogP contribution in [0, 0.1) is 13.8 Å². The highest BCUT2D eigenvalue weighted by Crippen LogP contribution is 2.22. The van der Waals surface area contributed by atoms with Gasteiger partial charge >= 0.3 is 0 Å². The Kier molecular flexibility index (Phi) is 2.90. The molecule has 1 aromatic heterocycles. The van der Waals surface area contributed by atoms with E-state index in [1.54, 1.807) is 4.68 Å². The highest BCUT2D eigenvalue weighted by atomic mass is 16.1. The summed E-state index contributed by atoms with van der Waals surface area (Å²) in [6, 6.07) is 13.6. The Hall–Kier alpha value is -2.42. The summed E-state index contributed by atoms with van der Waals surface area (Å²) >= 11 is 0. The summed E-state index contributed by atoms with van der Waals surface area (Å²) in [7, 11) is 1.86. The van der Waals surface area contributed by atoms with Crippen LogP contribution in [0.15, 0.2) is 42.5 Å². The van der Waals surface area contributed by atoms with E-state index in [0.717, 1.165) is 27.6 Å². The van der Waals surface area contributed by atoms with Gasteiger partial charge in [-0.2, -0.15) is 5.10 Å². The van der Waals surface area contributed by atoms with Crippen molar-refractivity contribution in [2.75, 3.05) is 0 Å². The molecule has 2 aromatic carbocycles. The molecule has 0 amide bonds. The maximum atomic E-state index is 12.8. The maximum absolute atomic E-state index is 12.8. The van der Waals surface area contributed by atoms with Gasteiger partial charge in [-0.1, -0.05) is 36.4 Å². The topological polar surface area (TPSA) is 34.9 Å². The molecule has 0 aliphatic heterocycles. The smallest absolute Gasteiger partial charge is 0.214 e. The Morgan fingerprint density at radius 3 is 2.60 bits per heavy atom. The van der Waals surface area contributed by atoms with E-state index in [9.17, 15) is 4.79 Å². The molecule has 3 aromatic rings. The van der Waals surface area contributed by atoms with Crippen molar-refractivity contribution < 1.29 is 4.79 Å². The van der Waals surface area contributed by atoms with Crippen molar-refractivity contribution in [2.24, 2.45) is 7.05 Å². The molecule has 0 aliphatic rings. The van der Waals surface area contributed by atoms with Crippen LogP contribution in [0.2, 0.25) is 0 Å². The second-order valence-electron chi connectivity index (χ2n) is 5.07. The molecule has 1 heterocycles. The predicted octanol–water partition coefficient (Wildman–Crippen LogP) is 3.42. The largest absolute Gasteiger partial charge is 0.287 e. The van der Waals surface area contributed by atoms with Crippen LogP contribution >= 0.6 is 0 Å². The molecule has 0 spiro atoms. The van der Waals surface area contributed by atoms with E-state index in [-0.39, 0.29) is 5.78 Å². The number of nitrogens with zero attached hydrogens (tertiary/aromatic N) is 2. The molecule has 3 rings (SSSR count). The third-order valence-corrected chi connectivity index (χ3v) is 3.82. The van der Waals surface area contributed by atoms with Crippen molar-refractivity contribution in [3.63, 3.8) is 0 Å². The molecule has 3 nitrogen and oxygen atoms in total. The molecule has 0 unspecified atom stereocenters. The lowest BCUT2D eigenvalue weighted by atomic mass is 9.97. The van der Waals surface area contributed by atoms with Crippen molar-refractivity contribution in [2.45, 2.75) is 13.8 Å². The van der Waals surface area contributed by atoms with Gasteiger partial charge in [0.05, 0.1) is 5.52 Å². The summed E-state index contributed by atoms with van der Waals surface area (Å²) in [5, 5.41) is 5.31. The molecule has 20 heavy (non-hydrogen) atoms. The van der Waals surface area contributed by atoms with Crippen LogP contribution in [0.3, 0.4) is 0 Å². The molecule has 0 saturated heterocycles. The number of carbonyl (C=O) groups is 1. The van der Waals surface area contributed by atoms with Crippen molar-refractivity contribution >= 4 is 16.7 Å². The number of fused-ring (bicyclic) bond motifs is 1. The van der Waals surface area contributed by atoms with Crippen molar-refractivity contribution in [3.05, 3.63) is 64.8 Å². The molecule has 3 heteroatoms. The van der Waals surface area contributed by atoms with Crippen LogP contribution < -0.4 is 0 Å². The quantitative estimate of drug-likeness (QED) is 0.665. The number of hydrogen-bond acceptors (Lipinski definition) is 2. The summed E-state index contributed by atoms with van der Waals surface area (Å²) in [6.07, 6.45) is 0. The van der Waals surface area contributed by atoms with E-state index in [0.29, 0.717) is 5.69 Å². The molecule has 100 valence electrons. The fourth-order valence-electron chi connectivity index (χ4n) is 2.51. The van der Waals surface area contributed by atoms with Crippen LogP contribution in [0.25, 0.3) is 10.9 Å². The van der Waals surface area contributed by atoms with Crippen LogP contribution in [0.5, 0.6) is 0 Å². The first-order chi connectivity index (χ1) is 9.59. The van der Waals surface area contributed by atoms with E-state index < -0.39 is 0 Å². The van der Waals surface area contributed by atoms with Crippen LogP contribution in [0.1, 0.15) is 27.2 Å². The van der Waals surface area contributed by atoms with E-state index in [4.69, 9.17) is 0 Å². The zero-order valence-electron chi connectivity index (χ0n) is 11.8. The monoisotopic (exact) mass is 264 g/mol. The molecular formula is C17H16N2O. The molecule has 0 aliphatic carbocycles. The fraction of sp³-hybridized carbons (Fsp3) is 0.176. The first kappa shape index (κ1) is 12.6. The third kappa shape index (κ3) is 1.83. The molecule has 0 bridgehead atoms. The molecule has 0 atom stereocenters. The van der Waals surface area contributed by atoms with Gasteiger partial charge in [0.2, 0.25) is 5.78 Å². The Morgan fingerprint density at radius 1 is 1.05 bits per heavy atom. The minimum Gasteiger partial charge on any atom is -0.287 e. The van der Waals surface area contributed by atoms with Gasteiger partial charge in [-0.15, -0.1) is 0 Å². The average molecular weight is 264 g/mol. The van der Waals surface area contributed by atoms with E-state index in [1.165, 1.54) is 0 Å². The lowest BCUT2D eigenvalue weighted by Gasteiger charge is -2.06. The first-order valence-corrected chi connectivity index (χ1v) is 6.62. The second-order valence-corrected chi connectivity index (χ2v) is 5.07. The first-order valence-electron chi connectivity index (χ1n) is 6.62. The van der Waals surface area contributed by atoms with Gasteiger partial charge in [-0.25, -0.2) is 0 Å². The molecule has 0 saturated carbocycles. The Bertz CT molecular complexity index is 815. The number of rotatable bonds is 2. The van der Waals surface area contributed by atoms with Crippen LogP contribution in [-0.2, 0) is 7.05 Å². The van der Waals surface area contributed by atoms with Crippen LogP contribution in [-0.4, -0.2) is 15.6 Å². The SMILES string of the molecule is Cc1cccc(C(=O)c2nn(C)c3ccccc23)c1C. The zero-order valence-corrected chi connectivity index (χ0v) is 11.8. The molecule has 0 fully saturated rings. The van der Waals surface area contributed by atoms with Gasteiger partial charge in [0.25, 0.3) is 0 Å². The minimum atomic E-state index is -0.0111. The molecule has 0 radical (unpaired) electrons. The summed E-state index contributed by atoms with van der Waals surface area (Å²) in [6.45, 7) is 4.00. The summed E-state index contributed by atoms with van der Waals surface area (Å²) in [5.74, 6) is -0.0111. The summed E-state index contributed by atoms with van der Waals surface area (Å²) < 4.78 is 1.76. The number of para-hydroxylation sites is 1. The Balaban J connectivity index is 2.21. The molecular weight excluding hydrogens is 248 g/mol. The van der Waals surface area contributed by atoms with Gasteiger partial charge in [0.1, 0.15) is 5.69 Å². The normalized spacial score (nSPS) is 10.9. The van der Waals surface area contributed by atoms with Gasteiger partial charge in [0, 0.05) is 18.0 Å². The van der Waals surface area contributed by atoms with Gasteiger partial charge in [-0.3, -0.25) is 9.48 Å². The van der Waals surface area contributed by atoms with Crippen molar-refractivity contribution in [1.82, 2.24) is 9.78 Å². The van der Waals surface area contributed by atoms with Crippen LogP contribution in [0.4, 0.5) is 0 Å². The third-order valence-electron chi connectivity index (χ3n) is 3.82. The minimum absolute atomic E-state index is 0.0111. The summed E-state index contributed by atoms with van der Waals surface area (Å²) in [4.78, 5) is 12.8. The van der Waals surface area contributed by atoms with Gasteiger partial charge in [-0.05, 0) is 31.0 Å². The lowest BCUT2D eigenvalue weighted by molar-refractivity contribution is 0.103. The zero-order chi connectivity index (χ0) is 14.3. The van der Waals surface area contributed by atoms with Crippen molar-refractivity contribution in [1.29, 1.82) is 0 Å². The van der Waals surface area contributed by atoms with Crippen molar-refractivity contribution in [3.8, 4) is 0 Å². The van der Waals surface area contributed by atoms with Gasteiger partial charge in [0.15, 0.2) is 0 Å². The maximum Gasteiger partial charge on any atom is 0.214 e. The van der Waals surface area contributed by atoms with E-state index >= 15 is 0 Å². The number of hydrogen-bond donors (Lipinski definition) is 0. The number of aryl methyl sites for hydroxylation is 2. The van der Waals surface area contributed by atoms with E-state index in [2.05, 4.69) is 5.10 Å². The number of benzene rings is 2.